The minimum atomic E-state index is -0.735. The topological polar surface area (TPSA) is 105 Å². The van der Waals surface area contributed by atoms with Gasteiger partial charge in [0.15, 0.2) is 0 Å². The number of hydrogen-bond acceptors (Lipinski definition) is 6. The second-order valence-corrected chi connectivity index (χ2v) is 7.32. The van der Waals surface area contributed by atoms with E-state index in [0.717, 1.165) is 17.8 Å². The number of carbonyl (C=O) groups is 3. The van der Waals surface area contributed by atoms with Crippen LogP contribution in [0.4, 0.5) is 11.4 Å². The molecule has 2 aromatic carbocycles. The number of nitrogens with two attached hydrogens (primary N) is 1. The summed E-state index contributed by atoms with van der Waals surface area (Å²) in [5.74, 6) is -0.684. The van der Waals surface area contributed by atoms with Gasteiger partial charge in [0.25, 0.3) is 0 Å². The number of benzene rings is 2. The number of carbonyl (C=O) groups excluding carboxylic acids is 3. The summed E-state index contributed by atoms with van der Waals surface area (Å²) < 4.78 is 4.65. The third-order valence-electron chi connectivity index (χ3n) is 5.03. The number of methoxy groups -OCH3 is 1. The van der Waals surface area contributed by atoms with Crippen molar-refractivity contribution in [2.24, 2.45) is 5.73 Å². The first-order valence-electron chi connectivity index (χ1n) is 9.70. The van der Waals surface area contributed by atoms with Crippen LogP contribution in [-0.4, -0.2) is 62.5 Å². The van der Waals surface area contributed by atoms with E-state index in [1.165, 1.54) is 7.11 Å². The van der Waals surface area contributed by atoms with Gasteiger partial charge in [0, 0.05) is 24.5 Å². The Hall–Kier alpha value is -3.23. The zero-order valence-corrected chi connectivity index (χ0v) is 17.1. The molecule has 0 spiro atoms. The van der Waals surface area contributed by atoms with Crippen LogP contribution in [0.3, 0.4) is 0 Å². The van der Waals surface area contributed by atoms with Gasteiger partial charge >= 0.3 is 5.97 Å². The lowest BCUT2D eigenvalue weighted by Crippen LogP contribution is -2.48. The summed E-state index contributed by atoms with van der Waals surface area (Å²) in [7, 11) is 3.24. The molecule has 3 N–H and O–H groups in total. The second kappa shape index (κ2) is 9.51. The molecule has 0 saturated carbocycles. The third-order valence-corrected chi connectivity index (χ3v) is 5.03. The molecule has 0 bridgehead atoms. The number of ether oxygens (including phenoxy) is 1. The Labute approximate surface area is 175 Å². The monoisotopic (exact) mass is 410 g/mol. The Balaban J connectivity index is 1.56. The normalized spacial score (nSPS) is 15.6. The van der Waals surface area contributed by atoms with E-state index >= 15 is 0 Å². The molecule has 1 aliphatic rings. The van der Waals surface area contributed by atoms with Crippen molar-refractivity contribution >= 4 is 29.2 Å². The summed E-state index contributed by atoms with van der Waals surface area (Å²) in [6.07, 6.45) is 0.364. The average molecular weight is 410 g/mol. The Morgan fingerprint density at radius 2 is 1.77 bits per heavy atom. The van der Waals surface area contributed by atoms with Gasteiger partial charge in [-0.1, -0.05) is 12.1 Å². The van der Waals surface area contributed by atoms with Gasteiger partial charge in [0.2, 0.25) is 11.8 Å². The number of likely N-dealkylation sites (N-methyl/N-ethyl adjacent to an activating group) is 1. The SMILES string of the molecule is COC(=O)c1ccc(NC(=O)[C@@H](N)Cc2ccc(N3CCN(C)CC3=O)cc2)cc1. The standard InChI is InChI=1S/C22H26N4O4/c1-25-11-12-26(20(27)14-25)18-9-3-15(4-10-18)13-19(23)21(28)24-17-7-5-16(6-8-17)22(29)30-2/h3-10,19H,11-14,23H2,1-2H3,(H,24,28)/t19-/m0/s1. The molecule has 2 aromatic rings. The summed E-state index contributed by atoms with van der Waals surface area (Å²) in [4.78, 5) is 39.8. The van der Waals surface area contributed by atoms with Gasteiger partial charge in [-0.15, -0.1) is 0 Å². The molecule has 1 aliphatic heterocycles. The first-order chi connectivity index (χ1) is 14.4. The molecule has 30 heavy (non-hydrogen) atoms. The molecule has 0 unspecified atom stereocenters. The molecule has 0 radical (unpaired) electrons. The Morgan fingerprint density at radius 1 is 1.10 bits per heavy atom. The number of esters is 1. The van der Waals surface area contributed by atoms with Crippen molar-refractivity contribution in [3.05, 3.63) is 59.7 Å². The molecule has 0 aliphatic carbocycles. The van der Waals surface area contributed by atoms with E-state index in [1.54, 1.807) is 29.2 Å². The minimum Gasteiger partial charge on any atom is -0.465 e. The van der Waals surface area contributed by atoms with Crippen LogP contribution in [0.5, 0.6) is 0 Å². The van der Waals surface area contributed by atoms with Crippen molar-refractivity contribution in [1.29, 1.82) is 0 Å². The molecule has 8 nitrogen and oxygen atoms in total. The molecule has 158 valence electrons. The maximum Gasteiger partial charge on any atom is 0.337 e. The van der Waals surface area contributed by atoms with Crippen LogP contribution < -0.4 is 16.0 Å². The molecule has 3 rings (SSSR count). The minimum absolute atomic E-state index is 0.0748. The highest BCUT2D eigenvalue weighted by Crippen LogP contribution is 2.19. The lowest BCUT2D eigenvalue weighted by Gasteiger charge is -2.32. The third kappa shape index (κ3) is 5.22. The molecule has 0 aromatic heterocycles. The predicted octanol–water partition coefficient (Wildman–Crippen LogP) is 1.26. The summed E-state index contributed by atoms with van der Waals surface area (Å²) in [6, 6.07) is 13.2. The number of nitrogens with zero attached hydrogens (tertiary/aromatic N) is 2. The molecule has 2 amide bonds. The highest BCUT2D eigenvalue weighted by Gasteiger charge is 2.23. The van der Waals surface area contributed by atoms with Crippen molar-refractivity contribution in [1.82, 2.24) is 4.90 Å². The van der Waals surface area contributed by atoms with Crippen LogP contribution in [0, 0.1) is 0 Å². The maximum atomic E-state index is 12.4. The largest absolute Gasteiger partial charge is 0.465 e. The first-order valence-corrected chi connectivity index (χ1v) is 9.70. The van der Waals surface area contributed by atoms with Crippen molar-refractivity contribution in [2.45, 2.75) is 12.5 Å². The van der Waals surface area contributed by atoms with Gasteiger partial charge < -0.3 is 20.7 Å². The highest BCUT2D eigenvalue weighted by atomic mass is 16.5. The van der Waals surface area contributed by atoms with Crippen LogP contribution in [0.1, 0.15) is 15.9 Å². The second-order valence-electron chi connectivity index (χ2n) is 7.32. The Bertz CT molecular complexity index is 912. The first kappa shape index (κ1) is 21.5. The van der Waals surface area contributed by atoms with Gasteiger partial charge in [-0.25, -0.2) is 4.79 Å². The van der Waals surface area contributed by atoms with Crippen molar-refractivity contribution < 1.29 is 19.1 Å². The molecule has 1 heterocycles. The van der Waals surface area contributed by atoms with E-state index in [4.69, 9.17) is 5.73 Å². The average Bonchev–Trinajstić information content (AvgIpc) is 2.74. The van der Waals surface area contributed by atoms with Gasteiger partial charge in [-0.05, 0) is 55.4 Å². The van der Waals surface area contributed by atoms with Crippen molar-refractivity contribution in [3.63, 3.8) is 0 Å². The molecule has 1 saturated heterocycles. The van der Waals surface area contributed by atoms with E-state index in [9.17, 15) is 14.4 Å². The fourth-order valence-electron chi connectivity index (χ4n) is 3.26. The van der Waals surface area contributed by atoms with E-state index in [2.05, 4.69) is 10.1 Å². The van der Waals surface area contributed by atoms with Gasteiger partial charge in [0.1, 0.15) is 0 Å². The predicted molar refractivity (Wildman–Crippen MR) is 114 cm³/mol. The molecular formula is C22H26N4O4. The molecular weight excluding hydrogens is 384 g/mol. The lowest BCUT2D eigenvalue weighted by molar-refractivity contribution is -0.121. The summed E-state index contributed by atoms with van der Waals surface area (Å²) in [5.41, 5.74) is 8.76. The van der Waals surface area contributed by atoms with Gasteiger partial charge in [-0.3, -0.25) is 14.5 Å². The number of piperazine rings is 1. The number of rotatable bonds is 6. The van der Waals surface area contributed by atoms with Crippen LogP contribution in [0.25, 0.3) is 0 Å². The van der Waals surface area contributed by atoms with Crippen molar-refractivity contribution in [3.8, 4) is 0 Å². The maximum absolute atomic E-state index is 12.4. The van der Waals surface area contributed by atoms with Crippen LogP contribution in [0.15, 0.2) is 48.5 Å². The summed E-state index contributed by atoms with van der Waals surface area (Å²) in [5, 5.41) is 2.75. The number of amides is 2. The Kier molecular flexibility index (Phi) is 6.81. The van der Waals surface area contributed by atoms with E-state index in [0.29, 0.717) is 30.8 Å². The number of anilines is 2. The van der Waals surface area contributed by atoms with E-state index in [-0.39, 0.29) is 11.8 Å². The quantitative estimate of drug-likeness (QED) is 0.695. The van der Waals surface area contributed by atoms with Crippen LogP contribution >= 0.6 is 0 Å². The van der Waals surface area contributed by atoms with Crippen LogP contribution in [0.2, 0.25) is 0 Å². The molecule has 1 fully saturated rings. The van der Waals surface area contributed by atoms with Crippen LogP contribution in [-0.2, 0) is 20.7 Å². The summed E-state index contributed by atoms with van der Waals surface area (Å²) >= 11 is 0. The number of hydrogen-bond donors (Lipinski definition) is 2. The van der Waals surface area contributed by atoms with Crippen molar-refractivity contribution in [2.75, 3.05) is 44.0 Å². The molecule has 8 heteroatoms. The fourth-order valence-corrected chi connectivity index (χ4v) is 3.26. The fraction of sp³-hybridized carbons (Fsp3) is 0.318. The number of nitrogens with one attached hydrogen (secondary N) is 1. The summed E-state index contributed by atoms with van der Waals surface area (Å²) in [6.45, 7) is 1.90. The zero-order chi connectivity index (χ0) is 21.7. The zero-order valence-electron chi connectivity index (χ0n) is 17.1. The smallest absolute Gasteiger partial charge is 0.337 e. The van der Waals surface area contributed by atoms with Gasteiger partial charge in [-0.2, -0.15) is 0 Å². The van der Waals surface area contributed by atoms with Gasteiger partial charge in [0.05, 0.1) is 25.3 Å². The van der Waals surface area contributed by atoms with E-state index in [1.807, 2.05) is 36.2 Å². The highest BCUT2D eigenvalue weighted by molar-refractivity contribution is 5.96. The van der Waals surface area contributed by atoms with E-state index < -0.39 is 12.0 Å². The molecule has 1 atom stereocenters. The Morgan fingerprint density at radius 3 is 2.37 bits per heavy atom. The lowest BCUT2D eigenvalue weighted by atomic mass is 10.0.